The number of hydrogen-bond acceptors (Lipinski definition) is 6. The fraction of sp³-hybridized carbons (Fsp3) is 0.233. The topological polar surface area (TPSA) is 136 Å². The molecule has 1 aromatic heterocycles. The van der Waals surface area contributed by atoms with Gasteiger partial charge >= 0.3 is 0 Å². The highest BCUT2D eigenvalue weighted by molar-refractivity contribution is 6.00. The molecule has 2 unspecified atom stereocenters. The lowest BCUT2D eigenvalue weighted by molar-refractivity contribution is -0.132. The Morgan fingerprint density at radius 1 is 1.00 bits per heavy atom. The molecule has 9 heteroatoms. The summed E-state index contributed by atoms with van der Waals surface area (Å²) >= 11 is 0. The quantitative estimate of drug-likeness (QED) is 0.352. The fourth-order valence-electron chi connectivity index (χ4n) is 4.39. The Morgan fingerprint density at radius 2 is 1.72 bits per heavy atom. The van der Waals surface area contributed by atoms with E-state index in [-0.39, 0.29) is 30.0 Å². The zero-order chi connectivity index (χ0) is 27.6. The molecule has 1 aliphatic rings. The van der Waals surface area contributed by atoms with E-state index >= 15 is 0 Å². The number of aromatic nitrogens is 2. The van der Waals surface area contributed by atoms with Gasteiger partial charge < -0.3 is 16.4 Å². The molecule has 4 N–H and O–H groups in total. The highest BCUT2D eigenvalue weighted by atomic mass is 16.2. The van der Waals surface area contributed by atoms with E-state index in [1.54, 1.807) is 18.2 Å². The van der Waals surface area contributed by atoms with Gasteiger partial charge in [-0.15, -0.1) is 0 Å². The number of nitrogens with one attached hydrogen (secondary N) is 2. The summed E-state index contributed by atoms with van der Waals surface area (Å²) in [4.78, 5) is 55.6. The van der Waals surface area contributed by atoms with E-state index in [1.165, 1.54) is 16.8 Å². The standard InChI is InChI=1S/C30H31N5O4/c31-24-20-33-28(22-12-5-2-6-13-22)35(30(24)39)19-9-16-26(37)34-27(23-14-7-8-15-25(23)36)29(38)32-18-17-21-10-3-1-4-11-21/h1-8,10-15,20,23,27H,9,16-19,31H2,(H,32,38)(H,34,37). The largest absolute Gasteiger partial charge is 0.393 e. The predicted molar refractivity (Wildman–Crippen MR) is 149 cm³/mol. The zero-order valence-electron chi connectivity index (χ0n) is 21.5. The third kappa shape index (κ3) is 7.16. The minimum Gasteiger partial charge on any atom is -0.393 e. The average molecular weight is 526 g/mol. The fourth-order valence-corrected chi connectivity index (χ4v) is 4.39. The Labute approximate surface area is 226 Å². The molecule has 0 bridgehead atoms. The molecule has 0 spiro atoms. The minimum atomic E-state index is -1.06. The molecule has 0 aliphatic heterocycles. The Kier molecular flexibility index (Phi) is 9.18. The van der Waals surface area contributed by atoms with Crippen molar-refractivity contribution in [2.45, 2.75) is 31.8 Å². The first-order valence-electron chi connectivity index (χ1n) is 12.8. The number of carbonyl (C=O) groups excluding carboxylic acids is 3. The Morgan fingerprint density at radius 3 is 2.44 bits per heavy atom. The molecule has 2 amide bonds. The van der Waals surface area contributed by atoms with Crippen molar-refractivity contribution in [3.05, 3.63) is 107 Å². The highest BCUT2D eigenvalue weighted by Crippen LogP contribution is 2.17. The van der Waals surface area contributed by atoms with Gasteiger partial charge in [-0.25, -0.2) is 4.98 Å². The van der Waals surface area contributed by atoms with Gasteiger partial charge in [0.15, 0.2) is 5.78 Å². The highest BCUT2D eigenvalue weighted by Gasteiger charge is 2.32. The summed E-state index contributed by atoms with van der Waals surface area (Å²) in [6.45, 7) is 0.566. The van der Waals surface area contributed by atoms with Crippen LogP contribution in [0.1, 0.15) is 18.4 Å². The maximum Gasteiger partial charge on any atom is 0.276 e. The number of nitrogens with two attached hydrogens (primary N) is 1. The van der Waals surface area contributed by atoms with Crippen molar-refractivity contribution >= 4 is 23.3 Å². The first-order valence-corrected chi connectivity index (χ1v) is 12.8. The lowest BCUT2D eigenvalue weighted by Gasteiger charge is -2.24. The van der Waals surface area contributed by atoms with Crippen LogP contribution in [-0.2, 0) is 27.3 Å². The zero-order valence-corrected chi connectivity index (χ0v) is 21.5. The summed E-state index contributed by atoms with van der Waals surface area (Å²) in [6, 6.07) is 17.9. The number of anilines is 1. The number of amides is 2. The molecule has 0 radical (unpaired) electrons. The van der Waals surface area contributed by atoms with Gasteiger partial charge in [0.2, 0.25) is 11.8 Å². The third-order valence-electron chi connectivity index (χ3n) is 6.42. The van der Waals surface area contributed by atoms with Crippen LogP contribution in [-0.4, -0.2) is 39.7 Å². The first kappa shape index (κ1) is 27.3. The molecule has 1 aliphatic carbocycles. The number of nitrogens with zero attached hydrogens (tertiary/aromatic N) is 2. The molecule has 0 saturated carbocycles. The van der Waals surface area contributed by atoms with Crippen LogP contribution in [0.4, 0.5) is 5.69 Å². The summed E-state index contributed by atoms with van der Waals surface area (Å²) in [6.07, 6.45) is 8.59. The third-order valence-corrected chi connectivity index (χ3v) is 6.42. The minimum absolute atomic E-state index is 0.0158. The molecule has 0 fully saturated rings. The van der Waals surface area contributed by atoms with Crippen molar-refractivity contribution in [3.63, 3.8) is 0 Å². The van der Waals surface area contributed by atoms with Crippen molar-refractivity contribution in [2.75, 3.05) is 12.3 Å². The van der Waals surface area contributed by atoms with E-state index in [9.17, 15) is 19.2 Å². The van der Waals surface area contributed by atoms with Gasteiger partial charge in [0, 0.05) is 25.1 Å². The molecule has 2 aromatic carbocycles. The monoisotopic (exact) mass is 525 g/mol. The van der Waals surface area contributed by atoms with Gasteiger partial charge in [-0.05, 0) is 24.5 Å². The lowest BCUT2D eigenvalue weighted by atomic mass is 9.90. The molecule has 1 heterocycles. The van der Waals surface area contributed by atoms with E-state index < -0.39 is 23.8 Å². The van der Waals surface area contributed by atoms with Gasteiger partial charge in [-0.1, -0.05) is 78.9 Å². The van der Waals surface area contributed by atoms with Crippen molar-refractivity contribution < 1.29 is 14.4 Å². The second-order valence-electron chi connectivity index (χ2n) is 9.21. The van der Waals surface area contributed by atoms with Gasteiger partial charge in [-0.3, -0.25) is 23.7 Å². The van der Waals surface area contributed by atoms with Gasteiger partial charge in [0.25, 0.3) is 5.56 Å². The molecule has 4 rings (SSSR count). The van der Waals surface area contributed by atoms with Crippen molar-refractivity contribution in [1.82, 2.24) is 20.2 Å². The Balaban J connectivity index is 1.40. The van der Waals surface area contributed by atoms with E-state index in [1.807, 2.05) is 60.7 Å². The summed E-state index contributed by atoms with van der Waals surface area (Å²) in [5, 5.41) is 5.58. The smallest absolute Gasteiger partial charge is 0.276 e. The number of carbonyl (C=O) groups is 3. The molecule has 3 aromatic rings. The first-order chi connectivity index (χ1) is 18.9. The number of rotatable bonds is 11. The lowest BCUT2D eigenvalue weighted by Crippen LogP contribution is -2.52. The number of benzene rings is 2. The van der Waals surface area contributed by atoms with Crippen LogP contribution in [0, 0.1) is 5.92 Å². The van der Waals surface area contributed by atoms with E-state index in [0.717, 1.165) is 11.1 Å². The molecule has 39 heavy (non-hydrogen) atoms. The van der Waals surface area contributed by atoms with Crippen LogP contribution >= 0.6 is 0 Å². The van der Waals surface area contributed by atoms with Gasteiger partial charge in [-0.2, -0.15) is 0 Å². The van der Waals surface area contributed by atoms with Crippen LogP contribution in [0.15, 0.2) is 96.0 Å². The van der Waals surface area contributed by atoms with Crippen molar-refractivity contribution in [2.24, 2.45) is 5.92 Å². The van der Waals surface area contributed by atoms with Crippen LogP contribution in [0.5, 0.6) is 0 Å². The summed E-state index contributed by atoms with van der Waals surface area (Å²) in [5.74, 6) is -1.44. The Hall–Kier alpha value is -4.79. The summed E-state index contributed by atoms with van der Waals surface area (Å²) in [7, 11) is 0. The number of hydrogen-bond donors (Lipinski definition) is 3. The van der Waals surface area contributed by atoms with E-state index in [2.05, 4.69) is 15.6 Å². The van der Waals surface area contributed by atoms with Crippen molar-refractivity contribution in [3.8, 4) is 11.4 Å². The van der Waals surface area contributed by atoms with E-state index in [4.69, 9.17) is 5.73 Å². The molecule has 2 atom stereocenters. The van der Waals surface area contributed by atoms with Crippen LogP contribution in [0.3, 0.4) is 0 Å². The second kappa shape index (κ2) is 13.1. The van der Waals surface area contributed by atoms with Crippen molar-refractivity contribution in [1.29, 1.82) is 0 Å². The molecule has 9 nitrogen and oxygen atoms in total. The van der Waals surface area contributed by atoms with Crippen LogP contribution in [0.2, 0.25) is 0 Å². The average Bonchev–Trinajstić information content (AvgIpc) is 2.95. The molecular formula is C30H31N5O4. The maximum atomic E-state index is 13.1. The predicted octanol–water partition coefficient (Wildman–Crippen LogP) is 2.43. The number of ketones is 1. The van der Waals surface area contributed by atoms with Gasteiger partial charge in [0.05, 0.1) is 12.1 Å². The normalized spacial score (nSPS) is 15.1. The molecular weight excluding hydrogens is 494 g/mol. The number of allylic oxidation sites excluding steroid dienone is 3. The SMILES string of the molecule is Nc1cnc(-c2ccccc2)n(CCCC(=O)NC(C(=O)NCCc2ccccc2)C2C=CC=CC2=O)c1=O. The maximum absolute atomic E-state index is 13.1. The second-order valence-corrected chi connectivity index (χ2v) is 9.21. The molecule has 0 saturated heterocycles. The van der Waals surface area contributed by atoms with Gasteiger partial charge in [0.1, 0.15) is 17.6 Å². The van der Waals surface area contributed by atoms with Crippen LogP contribution in [0.25, 0.3) is 11.4 Å². The Bertz CT molecular complexity index is 1430. The van der Waals surface area contributed by atoms with Crippen LogP contribution < -0.4 is 21.9 Å². The summed E-state index contributed by atoms with van der Waals surface area (Å²) in [5.41, 5.74) is 7.26. The summed E-state index contributed by atoms with van der Waals surface area (Å²) < 4.78 is 1.45. The van der Waals surface area contributed by atoms with E-state index in [0.29, 0.717) is 25.2 Å². The number of nitrogen functional groups attached to an aromatic ring is 1. The molecule has 200 valence electrons.